The van der Waals surface area contributed by atoms with Gasteiger partial charge in [0.25, 0.3) is 0 Å². The number of benzene rings is 2. The largest absolute Gasteiger partial charge is 0.506 e. The first-order chi connectivity index (χ1) is 14.6. The Morgan fingerprint density at radius 2 is 2.00 bits per heavy atom. The van der Waals surface area contributed by atoms with E-state index in [2.05, 4.69) is 19.2 Å². The molecule has 31 heavy (non-hydrogen) atoms. The van der Waals surface area contributed by atoms with Gasteiger partial charge in [0.05, 0.1) is 17.8 Å². The Bertz CT molecular complexity index is 1080. The second kappa shape index (κ2) is 7.64. The summed E-state index contributed by atoms with van der Waals surface area (Å²) in [4.78, 5) is 14.4. The molecule has 4 rings (SSSR count). The Hall–Kier alpha value is -2.93. The third-order valence-corrected chi connectivity index (χ3v) is 6.08. The molecule has 164 valence electrons. The summed E-state index contributed by atoms with van der Waals surface area (Å²) in [6.45, 7) is 5.61. The average molecular weight is 428 g/mol. The molecule has 1 aliphatic carbocycles. The summed E-state index contributed by atoms with van der Waals surface area (Å²) in [5.74, 6) is -1.79. The van der Waals surface area contributed by atoms with E-state index in [1.807, 2.05) is 0 Å². The van der Waals surface area contributed by atoms with Gasteiger partial charge in [-0.25, -0.2) is 8.78 Å². The molecule has 2 aliphatic rings. The van der Waals surface area contributed by atoms with Crippen LogP contribution < -0.4 is 10.2 Å². The number of aromatic hydroxyl groups is 1. The van der Waals surface area contributed by atoms with E-state index in [0.29, 0.717) is 29.8 Å². The fraction of sp³-hybridized carbons (Fsp3) is 0.375. The van der Waals surface area contributed by atoms with Gasteiger partial charge in [-0.3, -0.25) is 9.69 Å². The van der Waals surface area contributed by atoms with E-state index in [-0.39, 0.29) is 22.6 Å². The molecule has 2 N–H and O–H groups in total. The van der Waals surface area contributed by atoms with Crippen LogP contribution in [-0.4, -0.2) is 24.2 Å². The molecule has 0 saturated carbocycles. The molecule has 1 aliphatic heterocycles. The van der Waals surface area contributed by atoms with Crippen LogP contribution in [0.4, 0.5) is 20.2 Å². The molecule has 2 unspecified atom stereocenters. The van der Waals surface area contributed by atoms with Crippen molar-refractivity contribution < 1.29 is 23.4 Å². The number of anilines is 2. The van der Waals surface area contributed by atoms with Crippen molar-refractivity contribution in [1.82, 2.24) is 0 Å². The van der Waals surface area contributed by atoms with Crippen molar-refractivity contribution in [3.63, 3.8) is 0 Å². The van der Waals surface area contributed by atoms with Gasteiger partial charge in [0.2, 0.25) is 5.91 Å². The van der Waals surface area contributed by atoms with E-state index in [1.165, 1.54) is 30.0 Å². The van der Waals surface area contributed by atoms with Gasteiger partial charge < -0.3 is 15.2 Å². The molecular weight excluding hydrogens is 402 g/mol. The number of hydrogen-bond donors (Lipinski definition) is 2. The number of fused-ring (bicyclic) bond motifs is 1. The number of nitrogens with one attached hydrogen (secondary N) is 1. The summed E-state index contributed by atoms with van der Waals surface area (Å²) in [5, 5.41) is 13.9. The Kier molecular flexibility index (Phi) is 5.25. The van der Waals surface area contributed by atoms with Gasteiger partial charge in [-0.15, -0.1) is 0 Å². The lowest BCUT2D eigenvalue weighted by molar-refractivity contribution is -0.117. The number of allylic oxidation sites excluding steroid dienone is 1. The van der Waals surface area contributed by atoms with Crippen LogP contribution in [0.5, 0.6) is 5.75 Å². The highest BCUT2D eigenvalue weighted by molar-refractivity contribution is 5.99. The van der Waals surface area contributed by atoms with Crippen LogP contribution in [-0.2, 0) is 9.53 Å². The minimum absolute atomic E-state index is 0.0202. The molecule has 0 saturated heterocycles. The molecular formula is C24H26F2N2O3. The third kappa shape index (κ3) is 3.67. The number of ether oxygens (including phenoxy) is 1. The second-order valence-electron chi connectivity index (χ2n) is 8.96. The molecule has 0 radical (unpaired) electrons. The van der Waals surface area contributed by atoms with Crippen LogP contribution in [0, 0.1) is 17.0 Å². The summed E-state index contributed by atoms with van der Waals surface area (Å²) in [6.07, 6.45) is 0.873. The molecule has 0 fully saturated rings. The molecule has 0 spiro atoms. The van der Waals surface area contributed by atoms with Crippen molar-refractivity contribution in [1.29, 1.82) is 0 Å². The highest BCUT2D eigenvalue weighted by Gasteiger charge is 2.44. The van der Waals surface area contributed by atoms with Gasteiger partial charge in [0, 0.05) is 36.9 Å². The van der Waals surface area contributed by atoms with E-state index in [9.17, 15) is 14.3 Å². The summed E-state index contributed by atoms with van der Waals surface area (Å²) in [5.41, 5.74) is 2.31. The van der Waals surface area contributed by atoms with Gasteiger partial charge in [0.1, 0.15) is 23.1 Å². The molecule has 0 aromatic heterocycles. The molecule has 0 bridgehead atoms. The zero-order valence-electron chi connectivity index (χ0n) is 18.0. The van der Waals surface area contributed by atoms with Gasteiger partial charge in [-0.05, 0) is 36.5 Å². The maximum absolute atomic E-state index is 15.1. The van der Waals surface area contributed by atoms with E-state index < -0.39 is 23.8 Å². The van der Waals surface area contributed by atoms with E-state index in [0.717, 1.165) is 11.8 Å². The fourth-order valence-electron chi connectivity index (χ4n) is 4.79. The SMILES string of the molecule is COC1CC(C)(C)CC2=C1C(c1ccc(F)cc1F)N(C(C)=O)c1cccc(O)c1N2. The summed E-state index contributed by atoms with van der Waals surface area (Å²) in [7, 11) is 1.59. The van der Waals surface area contributed by atoms with Crippen LogP contribution in [0.25, 0.3) is 0 Å². The predicted octanol–water partition coefficient (Wildman–Crippen LogP) is 5.28. The zero-order valence-corrected chi connectivity index (χ0v) is 18.0. The standard InChI is InChI=1S/C24H26F2N2O3/c1-13(29)28-18-6-5-7-19(30)22(18)27-17-11-24(2,3)12-20(31-4)21(17)23(28)15-9-8-14(25)10-16(15)26/h5-10,20,23,27,30H,11-12H2,1-4H3. The van der Waals surface area contributed by atoms with E-state index in [4.69, 9.17) is 4.74 Å². The molecule has 1 heterocycles. The lowest BCUT2D eigenvalue weighted by Crippen LogP contribution is -2.41. The van der Waals surface area contributed by atoms with Crippen LogP contribution in [0.2, 0.25) is 0 Å². The first-order valence-electron chi connectivity index (χ1n) is 10.2. The Balaban J connectivity index is 2.06. The number of halogens is 2. The Labute approximate surface area is 180 Å². The lowest BCUT2D eigenvalue weighted by atomic mass is 9.72. The molecule has 2 aromatic rings. The number of carbonyl (C=O) groups is 1. The third-order valence-electron chi connectivity index (χ3n) is 6.08. The number of methoxy groups -OCH3 is 1. The highest BCUT2D eigenvalue weighted by atomic mass is 19.1. The summed E-state index contributed by atoms with van der Waals surface area (Å²) in [6, 6.07) is 7.39. The predicted molar refractivity (Wildman–Crippen MR) is 115 cm³/mol. The monoisotopic (exact) mass is 428 g/mol. The number of rotatable bonds is 2. The van der Waals surface area contributed by atoms with Gasteiger partial charge >= 0.3 is 0 Å². The molecule has 2 aromatic carbocycles. The normalized spacial score (nSPS) is 22.3. The van der Waals surface area contributed by atoms with Crippen molar-refractivity contribution >= 4 is 17.3 Å². The van der Waals surface area contributed by atoms with Crippen LogP contribution in [0.15, 0.2) is 47.7 Å². The van der Waals surface area contributed by atoms with E-state index >= 15 is 4.39 Å². The van der Waals surface area contributed by atoms with Crippen molar-refractivity contribution in [2.24, 2.45) is 5.41 Å². The number of hydrogen-bond acceptors (Lipinski definition) is 4. The van der Waals surface area contributed by atoms with Gasteiger partial charge in [0.15, 0.2) is 0 Å². The number of nitrogens with zero attached hydrogens (tertiary/aromatic N) is 1. The maximum Gasteiger partial charge on any atom is 0.224 e. The van der Waals surface area contributed by atoms with Crippen molar-refractivity contribution in [2.75, 3.05) is 17.3 Å². The number of amides is 1. The number of phenolic OH excluding ortho intramolecular Hbond substituents is 1. The average Bonchev–Trinajstić information content (AvgIpc) is 2.82. The van der Waals surface area contributed by atoms with E-state index in [1.54, 1.807) is 19.2 Å². The fourth-order valence-corrected chi connectivity index (χ4v) is 4.79. The minimum Gasteiger partial charge on any atom is -0.506 e. The second-order valence-corrected chi connectivity index (χ2v) is 8.96. The molecule has 7 heteroatoms. The quantitative estimate of drug-likeness (QED) is 0.639. The summed E-state index contributed by atoms with van der Waals surface area (Å²) < 4.78 is 34.6. The summed E-state index contributed by atoms with van der Waals surface area (Å²) >= 11 is 0. The lowest BCUT2D eigenvalue weighted by Gasteiger charge is -2.42. The van der Waals surface area contributed by atoms with Crippen molar-refractivity contribution in [2.45, 2.75) is 45.8 Å². The van der Waals surface area contributed by atoms with Crippen molar-refractivity contribution in [3.05, 3.63) is 64.9 Å². The highest BCUT2D eigenvalue weighted by Crippen LogP contribution is 2.52. The molecule has 1 amide bonds. The Morgan fingerprint density at radius 1 is 1.26 bits per heavy atom. The van der Waals surface area contributed by atoms with Crippen LogP contribution >= 0.6 is 0 Å². The van der Waals surface area contributed by atoms with Crippen molar-refractivity contribution in [3.8, 4) is 5.75 Å². The minimum atomic E-state index is -0.857. The number of para-hydroxylation sites is 1. The Morgan fingerprint density at radius 3 is 2.65 bits per heavy atom. The van der Waals surface area contributed by atoms with Crippen LogP contribution in [0.1, 0.15) is 45.2 Å². The topological polar surface area (TPSA) is 61.8 Å². The first-order valence-corrected chi connectivity index (χ1v) is 10.2. The van der Waals surface area contributed by atoms with Gasteiger partial charge in [-0.1, -0.05) is 26.0 Å². The number of carbonyl (C=O) groups excluding carboxylic acids is 1. The molecule has 2 atom stereocenters. The maximum atomic E-state index is 15.1. The zero-order chi connectivity index (χ0) is 22.5. The van der Waals surface area contributed by atoms with Gasteiger partial charge in [-0.2, -0.15) is 0 Å². The first kappa shape index (κ1) is 21.3. The van der Waals surface area contributed by atoms with Crippen LogP contribution in [0.3, 0.4) is 0 Å². The smallest absolute Gasteiger partial charge is 0.224 e. The number of phenols is 1. The molecule has 5 nitrogen and oxygen atoms in total.